The Hall–Kier alpha value is -3.01. The third-order valence-electron chi connectivity index (χ3n) is 4.09. The fourth-order valence-electron chi connectivity index (χ4n) is 2.80. The van der Waals surface area contributed by atoms with Crippen LogP contribution in [0.25, 0.3) is 10.6 Å². The SMILES string of the molecule is Cc1nc(C)c(-c2ccc(=O)n(CCNC(=O)c3ccccc3C(F)(F)F)n2)s1. The molecule has 0 aliphatic heterocycles. The maximum Gasteiger partial charge on any atom is 0.417 e. The number of aryl methyl sites for hydroxylation is 2. The highest BCUT2D eigenvalue weighted by Gasteiger charge is 2.34. The van der Waals surface area contributed by atoms with Crippen LogP contribution in [-0.4, -0.2) is 27.2 Å². The van der Waals surface area contributed by atoms with Crippen LogP contribution in [0.5, 0.6) is 0 Å². The van der Waals surface area contributed by atoms with Crippen molar-refractivity contribution in [2.24, 2.45) is 0 Å². The number of hydrogen-bond donors (Lipinski definition) is 1. The maximum atomic E-state index is 13.0. The van der Waals surface area contributed by atoms with Gasteiger partial charge in [-0.1, -0.05) is 12.1 Å². The summed E-state index contributed by atoms with van der Waals surface area (Å²) < 4.78 is 40.3. The Morgan fingerprint density at radius 2 is 1.90 bits per heavy atom. The Balaban J connectivity index is 1.73. The zero-order valence-electron chi connectivity index (χ0n) is 15.6. The fraction of sp³-hybridized carbons (Fsp3) is 0.263. The number of carbonyl (C=O) groups excluding carboxylic acids is 1. The first-order chi connectivity index (χ1) is 13.7. The lowest BCUT2D eigenvalue weighted by Crippen LogP contribution is -2.32. The van der Waals surface area contributed by atoms with Crippen molar-refractivity contribution in [1.82, 2.24) is 20.1 Å². The van der Waals surface area contributed by atoms with E-state index in [0.717, 1.165) is 27.7 Å². The number of hydrogen-bond acceptors (Lipinski definition) is 5. The van der Waals surface area contributed by atoms with Gasteiger partial charge in [0.15, 0.2) is 0 Å². The molecule has 2 aromatic heterocycles. The average molecular weight is 422 g/mol. The molecule has 152 valence electrons. The number of aromatic nitrogens is 3. The highest BCUT2D eigenvalue weighted by molar-refractivity contribution is 7.15. The molecule has 0 saturated carbocycles. The van der Waals surface area contributed by atoms with Gasteiger partial charge in [0.1, 0.15) is 5.69 Å². The highest BCUT2D eigenvalue weighted by atomic mass is 32.1. The van der Waals surface area contributed by atoms with Gasteiger partial charge in [-0.2, -0.15) is 18.3 Å². The summed E-state index contributed by atoms with van der Waals surface area (Å²) in [5.41, 5.74) is -0.489. The number of halogens is 3. The first-order valence-electron chi connectivity index (χ1n) is 8.64. The molecule has 0 aliphatic rings. The molecule has 1 N–H and O–H groups in total. The second-order valence-electron chi connectivity index (χ2n) is 6.23. The van der Waals surface area contributed by atoms with Crippen molar-refractivity contribution in [3.63, 3.8) is 0 Å². The van der Waals surface area contributed by atoms with Crippen molar-refractivity contribution in [2.45, 2.75) is 26.6 Å². The summed E-state index contributed by atoms with van der Waals surface area (Å²) in [5.74, 6) is -0.865. The van der Waals surface area contributed by atoms with Gasteiger partial charge in [0.2, 0.25) is 0 Å². The summed E-state index contributed by atoms with van der Waals surface area (Å²) in [5, 5.41) is 7.57. The van der Waals surface area contributed by atoms with E-state index in [4.69, 9.17) is 0 Å². The average Bonchev–Trinajstić information content (AvgIpc) is 3.00. The number of thiazole rings is 1. The molecule has 3 aromatic rings. The molecule has 0 radical (unpaired) electrons. The summed E-state index contributed by atoms with van der Waals surface area (Å²) in [6.45, 7) is 3.67. The van der Waals surface area contributed by atoms with Crippen LogP contribution >= 0.6 is 11.3 Å². The standard InChI is InChI=1S/C19H17F3N4O2S/c1-11-17(29-12(2)24-11)15-7-8-16(27)26(25-15)10-9-23-18(28)13-5-3-4-6-14(13)19(20,21)22/h3-8H,9-10H2,1-2H3,(H,23,28). The molecule has 0 fully saturated rings. The Bertz CT molecular complexity index is 1110. The Morgan fingerprint density at radius 1 is 1.17 bits per heavy atom. The fourth-order valence-corrected chi connectivity index (χ4v) is 3.68. The van der Waals surface area contributed by atoms with E-state index in [-0.39, 0.29) is 18.6 Å². The minimum Gasteiger partial charge on any atom is -0.350 e. The third-order valence-corrected chi connectivity index (χ3v) is 5.18. The van der Waals surface area contributed by atoms with Crippen molar-refractivity contribution in [2.75, 3.05) is 6.54 Å². The number of nitrogens with zero attached hydrogens (tertiary/aromatic N) is 3. The van der Waals surface area contributed by atoms with Crippen molar-refractivity contribution in [1.29, 1.82) is 0 Å². The van der Waals surface area contributed by atoms with E-state index < -0.39 is 23.2 Å². The van der Waals surface area contributed by atoms with Crippen LogP contribution in [0, 0.1) is 13.8 Å². The molecule has 10 heteroatoms. The Morgan fingerprint density at radius 3 is 2.55 bits per heavy atom. The predicted octanol–water partition coefficient (Wildman–Crippen LogP) is 3.43. The van der Waals surface area contributed by atoms with Gasteiger partial charge in [-0.15, -0.1) is 11.3 Å². The van der Waals surface area contributed by atoms with Gasteiger partial charge in [-0.25, -0.2) is 9.67 Å². The van der Waals surface area contributed by atoms with E-state index in [9.17, 15) is 22.8 Å². The van der Waals surface area contributed by atoms with Crippen molar-refractivity contribution < 1.29 is 18.0 Å². The summed E-state index contributed by atoms with van der Waals surface area (Å²) >= 11 is 1.45. The van der Waals surface area contributed by atoms with Crippen molar-refractivity contribution in [3.05, 3.63) is 68.6 Å². The van der Waals surface area contributed by atoms with Gasteiger partial charge in [-0.05, 0) is 32.0 Å². The number of benzene rings is 1. The molecule has 2 heterocycles. The molecule has 1 amide bonds. The van der Waals surface area contributed by atoms with Crippen molar-refractivity contribution >= 4 is 17.2 Å². The number of nitrogens with one attached hydrogen (secondary N) is 1. The van der Waals surface area contributed by atoms with Gasteiger partial charge in [0.05, 0.1) is 33.3 Å². The van der Waals surface area contributed by atoms with Gasteiger partial charge in [0, 0.05) is 12.6 Å². The molecule has 0 unspecified atom stereocenters. The Kier molecular flexibility index (Phi) is 5.83. The van der Waals surface area contributed by atoms with E-state index in [1.54, 1.807) is 6.07 Å². The van der Waals surface area contributed by atoms with E-state index >= 15 is 0 Å². The molecule has 0 bridgehead atoms. The molecular weight excluding hydrogens is 405 g/mol. The van der Waals surface area contributed by atoms with E-state index in [2.05, 4.69) is 15.4 Å². The lowest BCUT2D eigenvalue weighted by Gasteiger charge is -2.13. The molecular formula is C19H17F3N4O2S. The van der Waals surface area contributed by atoms with Crippen molar-refractivity contribution in [3.8, 4) is 10.6 Å². The van der Waals surface area contributed by atoms with Crippen LogP contribution in [-0.2, 0) is 12.7 Å². The number of amides is 1. The maximum absolute atomic E-state index is 13.0. The summed E-state index contributed by atoms with van der Waals surface area (Å²) in [6, 6.07) is 7.49. The van der Waals surface area contributed by atoms with Crippen LogP contribution in [0.1, 0.15) is 26.6 Å². The van der Waals surface area contributed by atoms with E-state index in [1.807, 2.05) is 13.8 Å². The van der Waals surface area contributed by atoms with Gasteiger partial charge < -0.3 is 5.32 Å². The lowest BCUT2D eigenvalue weighted by molar-refractivity contribution is -0.137. The first kappa shape index (κ1) is 20.7. The third kappa shape index (κ3) is 4.70. The molecule has 6 nitrogen and oxygen atoms in total. The van der Waals surface area contributed by atoms with Crippen LogP contribution in [0.4, 0.5) is 13.2 Å². The first-order valence-corrected chi connectivity index (χ1v) is 9.45. The van der Waals surface area contributed by atoms with Gasteiger partial charge >= 0.3 is 6.18 Å². The highest BCUT2D eigenvalue weighted by Crippen LogP contribution is 2.31. The van der Waals surface area contributed by atoms with Gasteiger partial charge in [0.25, 0.3) is 11.5 Å². The van der Waals surface area contributed by atoms with Gasteiger partial charge in [-0.3, -0.25) is 9.59 Å². The molecule has 1 aromatic carbocycles. The van der Waals surface area contributed by atoms with Crippen LogP contribution in [0.2, 0.25) is 0 Å². The summed E-state index contributed by atoms with van der Waals surface area (Å²) in [4.78, 5) is 29.4. The lowest BCUT2D eigenvalue weighted by atomic mass is 10.1. The molecule has 0 spiro atoms. The second-order valence-corrected chi connectivity index (χ2v) is 7.43. The molecule has 29 heavy (non-hydrogen) atoms. The molecule has 0 atom stereocenters. The minimum atomic E-state index is -4.63. The van der Waals surface area contributed by atoms with Crippen LogP contribution < -0.4 is 10.9 Å². The van der Waals surface area contributed by atoms with E-state index in [1.165, 1.54) is 34.2 Å². The zero-order valence-corrected chi connectivity index (χ0v) is 16.4. The zero-order chi connectivity index (χ0) is 21.2. The smallest absolute Gasteiger partial charge is 0.350 e. The predicted molar refractivity (Wildman–Crippen MR) is 103 cm³/mol. The summed E-state index contributed by atoms with van der Waals surface area (Å²) in [7, 11) is 0. The van der Waals surface area contributed by atoms with E-state index in [0.29, 0.717) is 5.69 Å². The Labute approximate surface area is 168 Å². The normalized spacial score (nSPS) is 11.5. The molecule has 0 aliphatic carbocycles. The number of carbonyl (C=O) groups is 1. The quantitative estimate of drug-likeness (QED) is 0.684. The van der Waals surface area contributed by atoms with Crippen LogP contribution in [0.3, 0.4) is 0 Å². The second kappa shape index (κ2) is 8.16. The number of rotatable bonds is 5. The molecule has 3 rings (SSSR count). The number of alkyl halides is 3. The summed E-state index contributed by atoms with van der Waals surface area (Å²) in [6.07, 6.45) is -4.63. The molecule has 0 saturated heterocycles. The topological polar surface area (TPSA) is 76.9 Å². The minimum absolute atomic E-state index is 0.0173. The largest absolute Gasteiger partial charge is 0.417 e. The van der Waals surface area contributed by atoms with Crippen LogP contribution in [0.15, 0.2) is 41.2 Å². The monoisotopic (exact) mass is 422 g/mol.